The molecule has 2 aromatic carbocycles. The summed E-state index contributed by atoms with van der Waals surface area (Å²) in [7, 11) is 0. The highest BCUT2D eigenvalue weighted by Gasteiger charge is 2.27. The molecule has 0 saturated carbocycles. The molecule has 0 fully saturated rings. The van der Waals surface area contributed by atoms with Gasteiger partial charge in [-0.2, -0.15) is 0 Å². The second-order valence-electron chi connectivity index (χ2n) is 7.37. The SMILES string of the molecule is Cc1noc(C#Cc2ccc3c(c2)CNC3C(=O)O)c1NC(=O)OC(C)c1ccccc1. The summed E-state index contributed by atoms with van der Waals surface area (Å²) in [5, 5.41) is 18.7. The van der Waals surface area contributed by atoms with E-state index >= 15 is 0 Å². The lowest BCUT2D eigenvalue weighted by Gasteiger charge is -2.13. The number of nitrogens with one attached hydrogen (secondary N) is 2. The molecule has 0 aliphatic carbocycles. The van der Waals surface area contributed by atoms with Crippen LogP contribution in [0.15, 0.2) is 53.1 Å². The number of carbonyl (C=O) groups excluding carboxylic acids is 1. The molecule has 8 heteroatoms. The summed E-state index contributed by atoms with van der Waals surface area (Å²) < 4.78 is 10.7. The number of aryl methyl sites for hydroxylation is 1. The Hall–Kier alpha value is -4.09. The Morgan fingerprint density at radius 2 is 2.03 bits per heavy atom. The van der Waals surface area contributed by atoms with Gasteiger partial charge in [0.1, 0.15) is 23.5 Å². The summed E-state index contributed by atoms with van der Waals surface area (Å²) in [6.07, 6.45) is -1.07. The van der Waals surface area contributed by atoms with E-state index < -0.39 is 24.2 Å². The van der Waals surface area contributed by atoms with Crippen molar-refractivity contribution >= 4 is 17.7 Å². The van der Waals surface area contributed by atoms with Crippen LogP contribution in [0.2, 0.25) is 0 Å². The third-order valence-corrected chi connectivity index (χ3v) is 5.16. The minimum Gasteiger partial charge on any atom is -0.480 e. The van der Waals surface area contributed by atoms with Gasteiger partial charge in [0, 0.05) is 12.1 Å². The summed E-state index contributed by atoms with van der Waals surface area (Å²) in [6, 6.07) is 14.0. The molecule has 3 aromatic rings. The Balaban J connectivity index is 1.48. The number of ether oxygens (including phenoxy) is 1. The normalized spacial score (nSPS) is 15.2. The molecule has 3 N–H and O–H groups in total. The molecule has 0 bridgehead atoms. The predicted octanol–water partition coefficient (Wildman–Crippen LogP) is 3.92. The lowest BCUT2D eigenvalue weighted by atomic mass is 10.0. The first kappa shape index (κ1) is 21.2. The minimum atomic E-state index is -0.913. The Labute approximate surface area is 184 Å². The van der Waals surface area contributed by atoms with Crippen LogP contribution in [-0.2, 0) is 16.1 Å². The van der Waals surface area contributed by atoms with Gasteiger partial charge in [0.2, 0.25) is 5.76 Å². The van der Waals surface area contributed by atoms with Crippen LogP contribution in [-0.4, -0.2) is 22.3 Å². The summed E-state index contributed by atoms with van der Waals surface area (Å²) >= 11 is 0. The third kappa shape index (κ3) is 4.48. The Morgan fingerprint density at radius 1 is 1.25 bits per heavy atom. The zero-order valence-corrected chi connectivity index (χ0v) is 17.5. The number of benzene rings is 2. The van der Waals surface area contributed by atoms with Gasteiger partial charge in [-0.05, 0) is 48.6 Å². The van der Waals surface area contributed by atoms with Crippen LogP contribution in [0.1, 0.15) is 52.8 Å². The fraction of sp³-hybridized carbons (Fsp3) is 0.208. The minimum absolute atomic E-state index is 0.203. The number of carbonyl (C=O) groups is 2. The summed E-state index contributed by atoms with van der Waals surface area (Å²) in [4.78, 5) is 23.7. The molecule has 4 rings (SSSR count). The molecule has 1 amide bonds. The molecule has 1 aliphatic heterocycles. The van der Waals surface area contributed by atoms with Crippen molar-refractivity contribution in [1.29, 1.82) is 0 Å². The molecule has 1 aromatic heterocycles. The average Bonchev–Trinajstić information content (AvgIpc) is 3.36. The predicted molar refractivity (Wildman–Crippen MR) is 116 cm³/mol. The topological polar surface area (TPSA) is 114 Å². The Kier molecular flexibility index (Phi) is 5.92. The fourth-order valence-electron chi connectivity index (χ4n) is 3.48. The van der Waals surface area contributed by atoms with Crippen LogP contribution in [0.25, 0.3) is 0 Å². The van der Waals surface area contributed by atoms with E-state index in [9.17, 15) is 14.7 Å². The summed E-state index contributed by atoms with van der Waals surface area (Å²) in [5.41, 5.74) is 4.00. The van der Waals surface area contributed by atoms with E-state index in [0.29, 0.717) is 23.5 Å². The zero-order chi connectivity index (χ0) is 22.7. The molecule has 162 valence electrons. The van der Waals surface area contributed by atoms with Crippen LogP contribution in [0.4, 0.5) is 10.5 Å². The van der Waals surface area contributed by atoms with Crippen molar-refractivity contribution in [3.8, 4) is 11.8 Å². The van der Waals surface area contributed by atoms with Crippen molar-refractivity contribution in [1.82, 2.24) is 10.5 Å². The Bertz CT molecular complexity index is 1220. The van der Waals surface area contributed by atoms with Gasteiger partial charge < -0.3 is 14.4 Å². The largest absolute Gasteiger partial charge is 0.480 e. The summed E-state index contributed by atoms with van der Waals surface area (Å²) in [5.74, 6) is 5.15. The molecular formula is C24H21N3O5. The molecule has 32 heavy (non-hydrogen) atoms. The van der Waals surface area contributed by atoms with Crippen molar-refractivity contribution in [2.75, 3.05) is 5.32 Å². The van der Waals surface area contributed by atoms with Crippen LogP contribution < -0.4 is 10.6 Å². The maximum Gasteiger partial charge on any atom is 0.412 e. The second-order valence-corrected chi connectivity index (χ2v) is 7.37. The Morgan fingerprint density at radius 3 is 2.78 bits per heavy atom. The number of aliphatic carboxylic acids is 1. The first-order chi connectivity index (χ1) is 15.4. The van der Waals surface area contributed by atoms with E-state index in [0.717, 1.165) is 16.7 Å². The van der Waals surface area contributed by atoms with Crippen molar-refractivity contribution in [3.63, 3.8) is 0 Å². The molecule has 8 nitrogen and oxygen atoms in total. The zero-order valence-electron chi connectivity index (χ0n) is 17.5. The van der Waals surface area contributed by atoms with Crippen LogP contribution in [0.5, 0.6) is 0 Å². The van der Waals surface area contributed by atoms with Gasteiger partial charge in [-0.15, -0.1) is 0 Å². The van der Waals surface area contributed by atoms with Gasteiger partial charge in [0.25, 0.3) is 0 Å². The number of nitrogens with zero attached hydrogens (tertiary/aromatic N) is 1. The van der Waals surface area contributed by atoms with E-state index in [-0.39, 0.29) is 5.76 Å². The molecule has 2 atom stereocenters. The van der Waals surface area contributed by atoms with Gasteiger partial charge in [0.15, 0.2) is 0 Å². The number of hydrogen-bond acceptors (Lipinski definition) is 6. The number of aromatic nitrogens is 1. The van der Waals surface area contributed by atoms with Gasteiger partial charge in [0.05, 0.1) is 0 Å². The molecule has 0 radical (unpaired) electrons. The van der Waals surface area contributed by atoms with E-state index in [4.69, 9.17) is 9.26 Å². The standard InChI is InChI=1S/C24H21N3O5/c1-14-21(26-24(30)31-15(2)17-6-4-3-5-7-17)20(32-27-14)11-9-16-8-10-19-18(12-16)13-25-22(19)23(28)29/h3-8,10,12,15,22,25H,13H2,1-2H3,(H,26,30)(H,28,29). The molecule has 0 spiro atoms. The van der Waals surface area contributed by atoms with Crippen molar-refractivity contribution < 1.29 is 24.0 Å². The van der Waals surface area contributed by atoms with E-state index in [1.165, 1.54) is 0 Å². The van der Waals surface area contributed by atoms with E-state index in [1.807, 2.05) is 36.4 Å². The smallest absolute Gasteiger partial charge is 0.412 e. The quantitative estimate of drug-likeness (QED) is 0.537. The number of anilines is 1. The van der Waals surface area contributed by atoms with E-state index in [1.54, 1.807) is 26.0 Å². The van der Waals surface area contributed by atoms with Crippen LogP contribution in [0.3, 0.4) is 0 Å². The monoisotopic (exact) mass is 431 g/mol. The highest BCUT2D eigenvalue weighted by Crippen LogP contribution is 2.26. The van der Waals surface area contributed by atoms with Gasteiger partial charge in [-0.1, -0.05) is 47.5 Å². The first-order valence-corrected chi connectivity index (χ1v) is 10.0. The molecule has 2 unspecified atom stereocenters. The number of rotatable bonds is 4. The third-order valence-electron chi connectivity index (χ3n) is 5.16. The fourth-order valence-corrected chi connectivity index (χ4v) is 3.48. The number of hydrogen-bond donors (Lipinski definition) is 3. The molecule has 0 saturated heterocycles. The number of carboxylic acids is 1. The van der Waals surface area contributed by atoms with Gasteiger partial charge in [-0.3, -0.25) is 15.4 Å². The molecular weight excluding hydrogens is 410 g/mol. The van der Waals surface area contributed by atoms with Crippen molar-refractivity contribution in [2.24, 2.45) is 0 Å². The molecule has 2 heterocycles. The number of amides is 1. The number of carboxylic acid groups (broad SMARTS) is 1. The average molecular weight is 431 g/mol. The second kappa shape index (κ2) is 8.96. The van der Waals surface area contributed by atoms with Crippen LogP contribution in [0, 0.1) is 18.8 Å². The molecule has 1 aliphatic rings. The lowest BCUT2D eigenvalue weighted by Crippen LogP contribution is -2.21. The first-order valence-electron chi connectivity index (χ1n) is 10.0. The van der Waals surface area contributed by atoms with Crippen molar-refractivity contribution in [3.05, 3.63) is 82.2 Å². The maximum atomic E-state index is 12.4. The highest BCUT2D eigenvalue weighted by molar-refractivity contribution is 5.87. The summed E-state index contributed by atoms with van der Waals surface area (Å²) in [6.45, 7) is 3.94. The van der Waals surface area contributed by atoms with Crippen molar-refractivity contribution in [2.45, 2.75) is 32.5 Å². The van der Waals surface area contributed by atoms with Gasteiger partial charge >= 0.3 is 12.1 Å². The van der Waals surface area contributed by atoms with E-state index in [2.05, 4.69) is 27.6 Å². The number of fused-ring (bicyclic) bond motifs is 1. The van der Waals surface area contributed by atoms with Gasteiger partial charge in [-0.25, -0.2) is 4.79 Å². The maximum absolute atomic E-state index is 12.4. The van der Waals surface area contributed by atoms with Crippen LogP contribution >= 0.6 is 0 Å². The lowest BCUT2D eigenvalue weighted by molar-refractivity contribution is -0.139. The highest BCUT2D eigenvalue weighted by atomic mass is 16.6.